The maximum atomic E-state index is 12.3. The van der Waals surface area contributed by atoms with Crippen LogP contribution in [0.1, 0.15) is 71.2 Å². The van der Waals surface area contributed by atoms with Crippen molar-refractivity contribution in [2.75, 3.05) is 14.2 Å². The lowest BCUT2D eigenvalue weighted by Crippen LogP contribution is -2.24. The van der Waals surface area contributed by atoms with Crippen molar-refractivity contribution in [3.63, 3.8) is 0 Å². The minimum atomic E-state index is -0.535. The Balaban J connectivity index is 1.63. The Morgan fingerprint density at radius 1 is 1.16 bits per heavy atom. The summed E-state index contributed by atoms with van der Waals surface area (Å²) in [6, 6.07) is 3.65. The quantitative estimate of drug-likeness (QED) is 0.370. The summed E-state index contributed by atoms with van der Waals surface area (Å²) in [6.07, 6.45) is 3.62. The van der Waals surface area contributed by atoms with E-state index in [9.17, 15) is 4.79 Å². The summed E-state index contributed by atoms with van der Waals surface area (Å²) >= 11 is 0. The van der Waals surface area contributed by atoms with E-state index in [-0.39, 0.29) is 17.8 Å². The molecule has 37 heavy (non-hydrogen) atoms. The van der Waals surface area contributed by atoms with Crippen molar-refractivity contribution in [1.82, 2.24) is 19.9 Å². The molecule has 2 aromatic heterocycles. The predicted molar refractivity (Wildman–Crippen MR) is 140 cm³/mol. The molecule has 0 spiro atoms. The van der Waals surface area contributed by atoms with Gasteiger partial charge in [0.2, 0.25) is 5.82 Å². The van der Waals surface area contributed by atoms with Gasteiger partial charge in [-0.15, -0.1) is 0 Å². The first-order valence-electron chi connectivity index (χ1n) is 12.8. The van der Waals surface area contributed by atoms with Gasteiger partial charge in [-0.1, -0.05) is 19.0 Å². The molecule has 9 nitrogen and oxygen atoms in total. The van der Waals surface area contributed by atoms with Crippen LogP contribution >= 0.6 is 0 Å². The average Bonchev–Trinajstić information content (AvgIpc) is 3.45. The zero-order valence-corrected chi connectivity index (χ0v) is 23.2. The molecule has 0 bridgehead atoms. The number of rotatable bonds is 8. The van der Waals surface area contributed by atoms with Gasteiger partial charge in [-0.25, -0.2) is 0 Å². The number of methoxy groups -OCH3 is 2. The highest BCUT2D eigenvalue weighted by atomic mass is 16.6. The molecule has 0 N–H and O–H groups in total. The van der Waals surface area contributed by atoms with E-state index in [1.54, 1.807) is 14.2 Å². The van der Waals surface area contributed by atoms with E-state index < -0.39 is 5.60 Å². The third-order valence-corrected chi connectivity index (χ3v) is 6.66. The number of nitrogens with zero attached hydrogens (tertiary/aromatic N) is 4. The fourth-order valence-electron chi connectivity index (χ4n) is 4.85. The van der Waals surface area contributed by atoms with Gasteiger partial charge in [0.05, 0.1) is 14.2 Å². The van der Waals surface area contributed by atoms with Crippen LogP contribution in [-0.2, 0) is 35.3 Å². The normalized spacial score (nSPS) is 14.8. The lowest BCUT2D eigenvalue weighted by atomic mass is 9.76. The fourth-order valence-corrected chi connectivity index (χ4v) is 4.85. The molecule has 9 heteroatoms. The average molecular weight is 511 g/mol. The molecular weight excluding hydrogens is 472 g/mol. The molecule has 1 aliphatic rings. The van der Waals surface area contributed by atoms with Crippen LogP contribution in [0.15, 0.2) is 16.7 Å². The van der Waals surface area contributed by atoms with Crippen molar-refractivity contribution in [3.8, 4) is 34.5 Å². The van der Waals surface area contributed by atoms with Crippen molar-refractivity contribution in [3.05, 3.63) is 29.0 Å². The van der Waals surface area contributed by atoms with Gasteiger partial charge in [-0.3, -0.25) is 9.48 Å². The van der Waals surface area contributed by atoms with Gasteiger partial charge in [0.15, 0.2) is 0 Å². The van der Waals surface area contributed by atoms with E-state index in [2.05, 4.69) is 30.6 Å². The SMILES string of the molecule is CCn1nc(-c2noc(-c3cc(OC)c(CCC(=O)OC(C)(C)C)c(OC)c3)n2)c2c1CC(C)(C)CC2. The highest BCUT2D eigenvalue weighted by Gasteiger charge is 2.32. The second-order valence-corrected chi connectivity index (χ2v) is 11.3. The molecule has 1 aromatic carbocycles. The minimum Gasteiger partial charge on any atom is -0.496 e. The molecule has 0 saturated heterocycles. The first-order valence-corrected chi connectivity index (χ1v) is 12.8. The van der Waals surface area contributed by atoms with E-state index in [1.807, 2.05) is 32.9 Å². The van der Waals surface area contributed by atoms with Crippen molar-refractivity contribution >= 4 is 5.97 Å². The second kappa shape index (κ2) is 10.2. The van der Waals surface area contributed by atoms with Crippen LogP contribution in [0, 0.1) is 5.41 Å². The molecule has 3 aromatic rings. The minimum absolute atomic E-state index is 0.204. The predicted octanol–water partition coefficient (Wildman–Crippen LogP) is 5.43. The van der Waals surface area contributed by atoms with Gasteiger partial charge < -0.3 is 18.7 Å². The zero-order chi connectivity index (χ0) is 27.0. The Hall–Kier alpha value is -3.36. The smallest absolute Gasteiger partial charge is 0.306 e. The van der Waals surface area contributed by atoms with E-state index >= 15 is 0 Å². The van der Waals surface area contributed by atoms with Crippen molar-refractivity contribution < 1.29 is 23.5 Å². The van der Waals surface area contributed by atoms with Crippen LogP contribution < -0.4 is 9.47 Å². The first-order chi connectivity index (χ1) is 17.4. The van der Waals surface area contributed by atoms with Gasteiger partial charge in [0, 0.05) is 35.3 Å². The molecule has 0 radical (unpaired) electrons. The molecule has 4 rings (SSSR count). The van der Waals surface area contributed by atoms with E-state index in [1.165, 1.54) is 11.3 Å². The molecule has 1 aliphatic carbocycles. The molecule has 0 atom stereocenters. The first kappa shape index (κ1) is 26.7. The van der Waals surface area contributed by atoms with Crippen LogP contribution in [0.5, 0.6) is 11.5 Å². The summed E-state index contributed by atoms with van der Waals surface area (Å²) in [4.78, 5) is 17.0. The number of benzene rings is 1. The molecular formula is C28H38N4O5. The van der Waals surface area contributed by atoms with Crippen molar-refractivity contribution in [1.29, 1.82) is 0 Å². The van der Waals surface area contributed by atoms with Crippen molar-refractivity contribution in [2.24, 2.45) is 5.41 Å². The summed E-state index contributed by atoms with van der Waals surface area (Å²) < 4.78 is 24.5. The largest absolute Gasteiger partial charge is 0.496 e. The number of ether oxygens (including phenoxy) is 3. The number of fused-ring (bicyclic) bond motifs is 1. The molecule has 0 saturated carbocycles. The number of hydrogen-bond donors (Lipinski definition) is 0. The Bertz CT molecular complexity index is 1260. The summed E-state index contributed by atoms with van der Waals surface area (Å²) in [7, 11) is 3.17. The number of carbonyl (C=O) groups is 1. The van der Waals surface area contributed by atoms with Gasteiger partial charge in [0.25, 0.3) is 5.89 Å². The summed E-state index contributed by atoms with van der Waals surface area (Å²) in [5.41, 5.74) is 4.41. The van der Waals surface area contributed by atoms with E-state index in [0.29, 0.717) is 35.2 Å². The maximum Gasteiger partial charge on any atom is 0.306 e. The van der Waals surface area contributed by atoms with Crippen LogP contribution in [0.4, 0.5) is 0 Å². The number of carbonyl (C=O) groups excluding carboxylic acids is 1. The number of aromatic nitrogens is 4. The number of esters is 1. The molecule has 0 aliphatic heterocycles. The van der Waals surface area contributed by atoms with Crippen LogP contribution in [0.3, 0.4) is 0 Å². The Labute approximate surface area is 218 Å². The molecule has 0 amide bonds. The van der Waals surface area contributed by atoms with Crippen LogP contribution in [0.2, 0.25) is 0 Å². The summed E-state index contributed by atoms with van der Waals surface area (Å²) in [6.45, 7) is 13.0. The van der Waals surface area contributed by atoms with Crippen LogP contribution in [0.25, 0.3) is 23.0 Å². The lowest BCUT2D eigenvalue weighted by molar-refractivity contribution is -0.154. The number of aryl methyl sites for hydroxylation is 1. The van der Waals surface area contributed by atoms with Gasteiger partial charge in [-0.2, -0.15) is 10.1 Å². The Morgan fingerprint density at radius 3 is 2.43 bits per heavy atom. The zero-order valence-electron chi connectivity index (χ0n) is 23.2. The highest BCUT2D eigenvalue weighted by molar-refractivity contribution is 5.71. The van der Waals surface area contributed by atoms with Gasteiger partial charge in [-0.05, 0) is 70.9 Å². The molecule has 0 fully saturated rings. The Kier molecular flexibility index (Phi) is 7.35. The molecule has 2 heterocycles. The highest BCUT2D eigenvalue weighted by Crippen LogP contribution is 2.40. The molecule has 0 unspecified atom stereocenters. The van der Waals surface area contributed by atoms with Gasteiger partial charge >= 0.3 is 5.97 Å². The summed E-state index contributed by atoms with van der Waals surface area (Å²) in [5.74, 6) is 1.70. The van der Waals surface area contributed by atoms with Crippen molar-refractivity contribution in [2.45, 2.75) is 85.8 Å². The second-order valence-electron chi connectivity index (χ2n) is 11.3. The van der Waals surface area contributed by atoms with E-state index in [0.717, 1.165) is 37.1 Å². The Morgan fingerprint density at radius 2 is 1.84 bits per heavy atom. The topological polar surface area (TPSA) is 102 Å². The third kappa shape index (κ3) is 5.81. The standard InChI is InChI=1S/C28H38N4O5/c1-9-32-20-16-28(5,6)13-12-18(20)24(30-32)25-29-26(37-31-25)17-14-21(34-7)19(22(15-17)35-8)10-11-23(33)36-27(2,3)4/h14-15H,9-13,16H2,1-8H3. The molecule has 200 valence electrons. The monoisotopic (exact) mass is 510 g/mol. The lowest BCUT2D eigenvalue weighted by Gasteiger charge is -2.30. The van der Waals surface area contributed by atoms with Gasteiger partial charge in [0.1, 0.15) is 22.8 Å². The third-order valence-electron chi connectivity index (χ3n) is 6.66. The number of hydrogen-bond acceptors (Lipinski definition) is 8. The fraction of sp³-hybridized carbons (Fsp3) is 0.571. The summed E-state index contributed by atoms with van der Waals surface area (Å²) in [5, 5.41) is 9.12. The maximum absolute atomic E-state index is 12.3. The van der Waals surface area contributed by atoms with E-state index in [4.69, 9.17) is 28.8 Å². The van der Waals surface area contributed by atoms with Crippen LogP contribution in [-0.4, -0.2) is 45.7 Å².